The molecule has 1 amide bonds. The SMILES string of the molecule is O=C(O)C(F)(F)F.O=C(O)C(F)(F)F.O=C(c1ccncc1)N1CC[C@]2(CCC[C@H](CNc3ncccn3)O2)C1. The molecule has 2 fully saturated rings. The molecule has 40 heavy (non-hydrogen) atoms. The van der Waals surface area contributed by atoms with E-state index in [9.17, 15) is 31.1 Å². The third-order valence-electron chi connectivity index (χ3n) is 5.64. The number of amides is 1. The Balaban J connectivity index is 0.000000333. The molecule has 0 aromatic carbocycles. The molecule has 4 heterocycles. The van der Waals surface area contributed by atoms with Crippen LogP contribution in [0.5, 0.6) is 0 Å². The Kier molecular flexibility index (Phi) is 11.2. The zero-order valence-corrected chi connectivity index (χ0v) is 20.7. The summed E-state index contributed by atoms with van der Waals surface area (Å²) < 4.78 is 69.9. The lowest BCUT2D eigenvalue weighted by molar-refractivity contribution is -0.193. The minimum Gasteiger partial charge on any atom is -0.475 e. The number of hydrogen-bond acceptors (Lipinski definition) is 8. The van der Waals surface area contributed by atoms with E-state index in [1.807, 2.05) is 4.90 Å². The molecule has 0 aliphatic carbocycles. The normalized spacial score (nSPS) is 20.4. The molecule has 2 aliphatic rings. The van der Waals surface area contributed by atoms with E-state index >= 15 is 0 Å². The van der Waals surface area contributed by atoms with Gasteiger partial charge in [-0.05, 0) is 43.9 Å². The van der Waals surface area contributed by atoms with Crippen LogP contribution in [-0.2, 0) is 14.3 Å². The number of carbonyl (C=O) groups excluding carboxylic acids is 1. The number of ether oxygens (including phenoxy) is 1. The number of nitrogens with zero attached hydrogens (tertiary/aromatic N) is 4. The fourth-order valence-corrected chi connectivity index (χ4v) is 3.86. The number of rotatable bonds is 4. The summed E-state index contributed by atoms with van der Waals surface area (Å²) in [7, 11) is 0. The summed E-state index contributed by atoms with van der Waals surface area (Å²) in [6.45, 7) is 2.08. The lowest BCUT2D eigenvalue weighted by Gasteiger charge is -2.38. The molecule has 0 unspecified atom stereocenters. The van der Waals surface area contributed by atoms with Gasteiger partial charge in [0.25, 0.3) is 5.91 Å². The van der Waals surface area contributed by atoms with Crippen molar-refractivity contribution in [2.45, 2.75) is 49.7 Å². The Morgan fingerprint density at radius 2 is 1.52 bits per heavy atom. The molecule has 1 spiro atoms. The van der Waals surface area contributed by atoms with Crippen molar-refractivity contribution in [1.82, 2.24) is 19.9 Å². The molecule has 0 saturated carbocycles. The van der Waals surface area contributed by atoms with Crippen molar-refractivity contribution in [3.05, 3.63) is 48.5 Å². The maximum atomic E-state index is 12.7. The van der Waals surface area contributed by atoms with Crippen molar-refractivity contribution in [2.24, 2.45) is 0 Å². The van der Waals surface area contributed by atoms with Gasteiger partial charge in [-0.3, -0.25) is 9.78 Å². The van der Waals surface area contributed by atoms with Gasteiger partial charge < -0.3 is 25.2 Å². The van der Waals surface area contributed by atoms with Crippen LogP contribution < -0.4 is 5.32 Å². The first kappa shape index (κ1) is 32.2. The lowest BCUT2D eigenvalue weighted by atomic mass is 9.90. The van der Waals surface area contributed by atoms with Crippen molar-refractivity contribution in [1.29, 1.82) is 0 Å². The van der Waals surface area contributed by atoms with Crippen LogP contribution in [0, 0.1) is 0 Å². The van der Waals surface area contributed by atoms with Crippen LogP contribution in [0.25, 0.3) is 0 Å². The number of pyridine rings is 1. The van der Waals surface area contributed by atoms with Crippen molar-refractivity contribution >= 4 is 23.8 Å². The summed E-state index contributed by atoms with van der Waals surface area (Å²) in [6, 6.07) is 5.33. The Bertz CT molecular complexity index is 1100. The quantitative estimate of drug-likeness (QED) is 0.458. The average Bonchev–Trinajstić information content (AvgIpc) is 3.30. The fraction of sp³-hybridized carbons (Fsp3) is 0.478. The maximum absolute atomic E-state index is 12.7. The highest BCUT2D eigenvalue weighted by molar-refractivity contribution is 5.94. The first-order valence-corrected chi connectivity index (χ1v) is 11.6. The Hall–Kier alpha value is -4.02. The molecule has 0 radical (unpaired) electrons. The molecule has 2 aromatic rings. The fourth-order valence-electron chi connectivity index (χ4n) is 3.86. The van der Waals surface area contributed by atoms with Crippen LogP contribution in [0.15, 0.2) is 43.0 Å². The van der Waals surface area contributed by atoms with E-state index in [2.05, 4.69) is 20.3 Å². The smallest absolute Gasteiger partial charge is 0.475 e. The standard InChI is InChI=1S/C19H23N5O2.2C2HF3O2/c25-17(15-4-10-20-11-5-15)24-12-7-19(14-24)6-1-3-16(26-19)13-23-18-21-8-2-9-22-18;2*3-2(4,5)1(6)7/h2,4-5,8-11,16H,1,3,6-7,12-14H2,(H,21,22,23);2*(H,6,7)/t16-,19-;;/m1../s1. The van der Waals surface area contributed by atoms with Crippen LogP contribution in [0.4, 0.5) is 32.3 Å². The number of carboxylic acid groups (broad SMARTS) is 2. The lowest BCUT2D eigenvalue weighted by Crippen LogP contribution is -2.45. The van der Waals surface area contributed by atoms with Gasteiger partial charge in [0.1, 0.15) is 0 Å². The molecule has 0 bridgehead atoms. The zero-order chi connectivity index (χ0) is 30.0. The number of aliphatic carboxylic acids is 2. The molecule has 2 aliphatic heterocycles. The number of aromatic nitrogens is 3. The summed E-state index contributed by atoms with van der Waals surface area (Å²) in [5.74, 6) is -4.83. The molecule has 11 nitrogen and oxygen atoms in total. The largest absolute Gasteiger partial charge is 0.490 e. The van der Waals surface area contributed by atoms with Gasteiger partial charge in [-0.15, -0.1) is 0 Å². The van der Waals surface area contributed by atoms with E-state index in [4.69, 9.17) is 24.5 Å². The second-order valence-corrected chi connectivity index (χ2v) is 8.59. The topological polar surface area (TPSA) is 155 Å². The third-order valence-corrected chi connectivity index (χ3v) is 5.64. The molecule has 4 rings (SSSR count). The van der Waals surface area contributed by atoms with Gasteiger partial charge >= 0.3 is 24.3 Å². The highest BCUT2D eigenvalue weighted by Gasteiger charge is 2.44. The van der Waals surface area contributed by atoms with Crippen molar-refractivity contribution in [2.75, 3.05) is 25.0 Å². The van der Waals surface area contributed by atoms with Crippen molar-refractivity contribution in [3.8, 4) is 0 Å². The Labute approximate surface area is 223 Å². The maximum Gasteiger partial charge on any atom is 0.490 e. The summed E-state index contributed by atoms with van der Waals surface area (Å²) in [4.78, 5) is 44.7. The van der Waals surface area contributed by atoms with Gasteiger partial charge in [-0.2, -0.15) is 26.3 Å². The van der Waals surface area contributed by atoms with E-state index < -0.39 is 24.3 Å². The van der Waals surface area contributed by atoms with E-state index in [-0.39, 0.29) is 17.6 Å². The number of nitrogens with one attached hydrogen (secondary N) is 1. The van der Waals surface area contributed by atoms with E-state index in [1.165, 1.54) is 0 Å². The summed E-state index contributed by atoms with van der Waals surface area (Å²) in [6.07, 6.45) is 0.722. The summed E-state index contributed by atoms with van der Waals surface area (Å²) >= 11 is 0. The number of hydrogen-bond donors (Lipinski definition) is 3. The van der Waals surface area contributed by atoms with Crippen LogP contribution in [0.3, 0.4) is 0 Å². The number of alkyl halides is 6. The average molecular weight is 581 g/mol. The molecular weight excluding hydrogens is 556 g/mol. The van der Waals surface area contributed by atoms with Crippen molar-refractivity contribution < 1.29 is 55.7 Å². The minimum atomic E-state index is -5.08. The number of carbonyl (C=O) groups is 3. The summed E-state index contributed by atoms with van der Waals surface area (Å²) in [5.41, 5.74) is 0.470. The van der Waals surface area contributed by atoms with Crippen LogP contribution >= 0.6 is 0 Å². The summed E-state index contributed by atoms with van der Waals surface area (Å²) in [5, 5.41) is 17.5. The third kappa shape index (κ3) is 10.3. The molecule has 2 atom stereocenters. The van der Waals surface area contributed by atoms with Gasteiger partial charge in [-0.25, -0.2) is 19.6 Å². The number of anilines is 1. The Morgan fingerprint density at radius 3 is 2.05 bits per heavy atom. The number of likely N-dealkylation sites (tertiary alicyclic amines) is 1. The van der Waals surface area contributed by atoms with E-state index in [0.29, 0.717) is 24.6 Å². The van der Waals surface area contributed by atoms with Crippen molar-refractivity contribution in [3.63, 3.8) is 0 Å². The predicted molar refractivity (Wildman–Crippen MR) is 124 cm³/mol. The van der Waals surface area contributed by atoms with Gasteiger partial charge in [0.05, 0.1) is 18.2 Å². The van der Waals surface area contributed by atoms with Gasteiger partial charge in [0.2, 0.25) is 5.95 Å². The molecule has 2 saturated heterocycles. The predicted octanol–water partition coefficient (Wildman–Crippen LogP) is 3.40. The van der Waals surface area contributed by atoms with Gasteiger partial charge in [0, 0.05) is 43.4 Å². The second kappa shape index (κ2) is 13.9. The zero-order valence-electron chi connectivity index (χ0n) is 20.7. The molecule has 3 N–H and O–H groups in total. The van der Waals surface area contributed by atoms with Gasteiger partial charge in [-0.1, -0.05) is 0 Å². The van der Waals surface area contributed by atoms with E-state index in [0.717, 1.165) is 32.2 Å². The number of carboxylic acids is 2. The van der Waals surface area contributed by atoms with Crippen LogP contribution in [0.2, 0.25) is 0 Å². The van der Waals surface area contributed by atoms with Crippen LogP contribution in [0.1, 0.15) is 36.0 Å². The molecular formula is C23H25F6N5O6. The molecule has 2 aromatic heterocycles. The molecule has 220 valence electrons. The molecule has 17 heteroatoms. The highest BCUT2D eigenvalue weighted by Crippen LogP contribution is 2.37. The Morgan fingerprint density at radius 1 is 0.975 bits per heavy atom. The first-order chi connectivity index (χ1) is 18.6. The number of halogens is 6. The minimum absolute atomic E-state index is 0.0609. The second-order valence-electron chi connectivity index (χ2n) is 8.59. The van der Waals surface area contributed by atoms with E-state index in [1.54, 1.807) is 43.0 Å². The van der Waals surface area contributed by atoms with Crippen LogP contribution in [-0.4, -0.2) is 91.6 Å². The monoisotopic (exact) mass is 581 g/mol. The van der Waals surface area contributed by atoms with Gasteiger partial charge in [0.15, 0.2) is 0 Å². The first-order valence-electron chi connectivity index (χ1n) is 11.6. The highest BCUT2D eigenvalue weighted by atomic mass is 19.4.